The Labute approximate surface area is 147 Å². The molecule has 25 heavy (non-hydrogen) atoms. The van der Waals surface area contributed by atoms with E-state index in [4.69, 9.17) is 9.40 Å². The van der Waals surface area contributed by atoms with E-state index in [1.165, 1.54) is 29.2 Å². The van der Waals surface area contributed by atoms with E-state index in [1.54, 1.807) is 0 Å². The molecule has 0 radical (unpaired) electrons. The highest BCUT2D eigenvalue weighted by Crippen LogP contribution is 2.31. The number of hydrogen-bond acceptors (Lipinski definition) is 3. The minimum absolute atomic E-state index is 0.945. The van der Waals surface area contributed by atoms with E-state index in [0.29, 0.717) is 0 Å². The van der Waals surface area contributed by atoms with Gasteiger partial charge in [-0.2, -0.15) is 0 Å². The van der Waals surface area contributed by atoms with Crippen molar-refractivity contribution in [3.05, 3.63) is 54.7 Å². The molecule has 0 atom stereocenters. The maximum Gasteiger partial charge on any atom is 0.144 e. The monoisotopic (exact) mass is 326 g/mol. The predicted octanol–water partition coefficient (Wildman–Crippen LogP) is 3.51. The lowest BCUT2D eigenvalue weighted by Gasteiger charge is -2.16. The van der Waals surface area contributed by atoms with Gasteiger partial charge in [-0.25, -0.2) is 4.98 Å². The van der Waals surface area contributed by atoms with E-state index in [1.807, 2.05) is 18.3 Å². The Morgan fingerprint density at radius 1 is 0.920 bits per heavy atom. The second kappa shape index (κ2) is 5.66. The molecule has 2 aromatic heterocycles. The van der Waals surface area contributed by atoms with Crippen LogP contribution in [0.5, 0.6) is 0 Å². The molecule has 3 nitrogen and oxygen atoms in total. The van der Waals surface area contributed by atoms with Gasteiger partial charge in [0.2, 0.25) is 0 Å². The van der Waals surface area contributed by atoms with Crippen LogP contribution in [0.2, 0.25) is 0 Å². The van der Waals surface area contributed by atoms with Gasteiger partial charge in [-0.1, -0.05) is 24.3 Å². The molecule has 0 aliphatic carbocycles. The lowest BCUT2D eigenvalue weighted by atomic mass is 9.90. The van der Waals surface area contributed by atoms with E-state index in [-0.39, 0.29) is 0 Å². The molecule has 1 fully saturated rings. The first kappa shape index (κ1) is 14.6. The van der Waals surface area contributed by atoms with Crippen LogP contribution in [0.25, 0.3) is 33.1 Å². The third kappa shape index (κ3) is 2.40. The summed E-state index contributed by atoms with van der Waals surface area (Å²) < 4.78 is 6.04. The molecule has 2 aromatic carbocycles. The van der Waals surface area contributed by atoms with Crippen molar-refractivity contribution in [3.8, 4) is 11.1 Å². The third-order valence-corrected chi connectivity index (χ3v) is 5.18. The zero-order valence-corrected chi connectivity index (χ0v) is 14.3. The summed E-state index contributed by atoms with van der Waals surface area (Å²) in [4.78, 5) is 7.06. The van der Waals surface area contributed by atoms with Gasteiger partial charge in [0.1, 0.15) is 24.8 Å². The Morgan fingerprint density at radius 3 is 2.56 bits per heavy atom. The van der Waals surface area contributed by atoms with Crippen LogP contribution >= 0.6 is 0 Å². The number of hydrogen-bond donors (Lipinski definition) is 0. The van der Waals surface area contributed by atoms with E-state index in [2.05, 4.69) is 49.1 Å². The molecular weight excluding hydrogens is 307 g/mol. The highest BCUT2D eigenvalue weighted by Gasteiger charge is 2.14. The first-order valence-electron chi connectivity index (χ1n) is 8.93. The van der Waals surface area contributed by atoms with Crippen molar-refractivity contribution in [2.24, 2.45) is 0 Å². The fourth-order valence-corrected chi connectivity index (χ4v) is 3.85. The molecule has 4 aromatic rings. The summed E-state index contributed by atoms with van der Waals surface area (Å²) in [5.74, 6) is 1.09. The zero-order chi connectivity index (χ0) is 16.8. The van der Waals surface area contributed by atoms with Gasteiger partial charge in [-0.05, 0) is 48.1 Å². The molecule has 4 heteroatoms. The summed E-state index contributed by atoms with van der Waals surface area (Å²) in [5, 5.41) is 2.35. The molecule has 0 bridgehead atoms. The largest absolute Gasteiger partial charge is 0.457 e. The van der Waals surface area contributed by atoms with Crippen molar-refractivity contribution >= 4 is 41.1 Å². The summed E-state index contributed by atoms with van der Waals surface area (Å²) in [6, 6.07) is 17.0. The summed E-state index contributed by atoms with van der Waals surface area (Å²) in [7, 11) is 2.11. The Hall–Kier alpha value is -2.75. The van der Waals surface area contributed by atoms with Crippen LogP contribution in [-0.2, 0) is 0 Å². The van der Waals surface area contributed by atoms with E-state index < -0.39 is 0 Å². The summed E-state index contributed by atoms with van der Waals surface area (Å²) in [6.45, 7) is 2.25. The lowest BCUT2D eigenvalue weighted by molar-refractivity contribution is 0.671. The number of benzene rings is 2. The second-order valence-corrected chi connectivity index (χ2v) is 6.87. The summed E-state index contributed by atoms with van der Waals surface area (Å²) in [5.41, 5.74) is 5.43. The van der Waals surface area contributed by atoms with Crippen molar-refractivity contribution in [2.45, 2.75) is 12.8 Å². The maximum absolute atomic E-state index is 6.04. The molecule has 3 heterocycles. The van der Waals surface area contributed by atoms with Crippen LogP contribution in [-0.4, -0.2) is 25.9 Å². The molecular formula is C21H19BN2O. The van der Waals surface area contributed by atoms with Gasteiger partial charge in [0.05, 0.1) is 0 Å². The molecule has 0 N–H and O–H groups in total. The number of rotatable bonds is 2. The number of nitrogens with zero attached hydrogens (tertiary/aromatic N) is 2. The van der Waals surface area contributed by atoms with Crippen molar-refractivity contribution in [1.29, 1.82) is 0 Å². The fourth-order valence-electron chi connectivity index (χ4n) is 3.85. The van der Waals surface area contributed by atoms with E-state index in [9.17, 15) is 0 Å². The molecule has 1 aliphatic rings. The van der Waals surface area contributed by atoms with Crippen molar-refractivity contribution in [2.75, 3.05) is 18.0 Å². The van der Waals surface area contributed by atoms with Crippen LogP contribution in [0.15, 0.2) is 59.1 Å². The van der Waals surface area contributed by atoms with E-state index in [0.717, 1.165) is 41.1 Å². The van der Waals surface area contributed by atoms with Crippen molar-refractivity contribution < 1.29 is 4.42 Å². The number of furan rings is 1. The molecule has 1 saturated heterocycles. The number of pyridine rings is 1. The van der Waals surface area contributed by atoms with Gasteiger partial charge in [0, 0.05) is 35.6 Å². The Balaban J connectivity index is 1.61. The molecule has 0 saturated carbocycles. The molecule has 5 rings (SSSR count). The average molecular weight is 326 g/mol. The normalized spacial score (nSPS) is 14.6. The van der Waals surface area contributed by atoms with Gasteiger partial charge >= 0.3 is 0 Å². The van der Waals surface area contributed by atoms with Gasteiger partial charge < -0.3 is 9.32 Å². The van der Waals surface area contributed by atoms with Crippen LogP contribution in [0, 0.1) is 0 Å². The topological polar surface area (TPSA) is 29.3 Å². The van der Waals surface area contributed by atoms with Gasteiger partial charge in [0.15, 0.2) is 0 Å². The standard InChI is InChI=1S/C21H19BN2O/c22-18-12-15(11-17-16-5-1-2-6-19(16)25-21(17)18)14-7-8-20(23-13-14)24-9-3-4-10-24/h1-2,5-8,11-13H,3-4,9-10,22H2. The van der Waals surface area contributed by atoms with Gasteiger partial charge in [0.25, 0.3) is 0 Å². The lowest BCUT2D eigenvalue weighted by Crippen LogP contribution is -2.18. The maximum atomic E-state index is 6.04. The number of para-hydroxylation sites is 1. The average Bonchev–Trinajstić information content (AvgIpc) is 3.30. The Bertz CT molecular complexity index is 1060. The fraction of sp³-hybridized carbons (Fsp3) is 0.190. The van der Waals surface area contributed by atoms with Gasteiger partial charge in [-0.3, -0.25) is 0 Å². The second-order valence-electron chi connectivity index (χ2n) is 6.87. The summed E-state index contributed by atoms with van der Waals surface area (Å²) >= 11 is 0. The minimum atomic E-state index is 0.945. The Morgan fingerprint density at radius 2 is 1.76 bits per heavy atom. The number of fused-ring (bicyclic) bond motifs is 3. The van der Waals surface area contributed by atoms with Crippen molar-refractivity contribution in [3.63, 3.8) is 0 Å². The molecule has 0 amide bonds. The molecule has 1 aliphatic heterocycles. The highest BCUT2D eigenvalue weighted by molar-refractivity contribution is 6.39. The van der Waals surface area contributed by atoms with Crippen LogP contribution in [0.3, 0.4) is 0 Å². The summed E-state index contributed by atoms with van der Waals surface area (Å²) in [6.07, 6.45) is 4.54. The molecule has 0 unspecified atom stereocenters. The van der Waals surface area contributed by atoms with Crippen LogP contribution in [0.1, 0.15) is 12.8 Å². The number of anilines is 1. The highest BCUT2D eigenvalue weighted by atomic mass is 16.3. The quantitative estimate of drug-likeness (QED) is 0.528. The molecule has 122 valence electrons. The van der Waals surface area contributed by atoms with Crippen LogP contribution < -0.4 is 10.4 Å². The first-order chi connectivity index (χ1) is 12.3. The number of aromatic nitrogens is 1. The third-order valence-electron chi connectivity index (χ3n) is 5.18. The predicted molar refractivity (Wildman–Crippen MR) is 107 cm³/mol. The van der Waals surface area contributed by atoms with E-state index >= 15 is 0 Å². The van der Waals surface area contributed by atoms with Crippen LogP contribution in [0.4, 0.5) is 5.82 Å². The van der Waals surface area contributed by atoms with Crippen molar-refractivity contribution in [1.82, 2.24) is 4.98 Å². The SMILES string of the molecule is Bc1cc(-c2ccc(N3CCCC3)nc2)cc2c1oc1ccccc12. The molecule has 0 spiro atoms. The zero-order valence-electron chi connectivity index (χ0n) is 14.3. The minimum Gasteiger partial charge on any atom is -0.457 e. The smallest absolute Gasteiger partial charge is 0.144 e. The Kier molecular flexibility index (Phi) is 3.30. The van der Waals surface area contributed by atoms with Gasteiger partial charge in [-0.15, -0.1) is 0 Å². The first-order valence-corrected chi connectivity index (χ1v) is 8.93.